The monoisotopic (exact) mass is 537 g/mol. The first-order valence-corrected chi connectivity index (χ1v) is 12.4. The van der Waals surface area contributed by atoms with Crippen LogP contribution in [-0.4, -0.2) is 56.7 Å². The summed E-state index contributed by atoms with van der Waals surface area (Å²) < 4.78 is 6.81. The van der Waals surface area contributed by atoms with E-state index in [1.807, 2.05) is 6.92 Å². The Morgan fingerprint density at radius 2 is 1.82 bits per heavy atom. The van der Waals surface area contributed by atoms with Gasteiger partial charge in [-0.2, -0.15) is 5.10 Å². The number of amides is 2. The lowest BCUT2D eigenvalue weighted by Gasteiger charge is -2.13. The fourth-order valence-corrected chi connectivity index (χ4v) is 4.09. The van der Waals surface area contributed by atoms with E-state index in [9.17, 15) is 14.7 Å². The molecular weight excluding hydrogens is 510 g/mol. The zero-order chi connectivity index (χ0) is 27.2. The molecule has 0 spiro atoms. The van der Waals surface area contributed by atoms with Crippen LogP contribution in [-0.2, 0) is 0 Å². The van der Waals surface area contributed by atoms with Crippen LogP contribution in [0.15, 0.2) is 48.9 Å². The second kappa shape index (κ2) is 11.9. The number of aliphatic hydroxyl groups excluding tert-OH is 1. The lowest BCUT2D eigenvalue weighted by atomic mass is 10.1. The summed E-state index contributed by atoms with van der Waals surface area (Å²) in [6.07, 6.45) is 3.10. The first-order valence-electron chi connectivity index (χ1n) is 12.0. The molecule has 0 saturated heterocycles. The number of anilines is 1. The van der Waals surface area contributed by atoms with Crippen LogP contribution in [0.25, 0.3) is 16.8 Å². The third kappa shape index (κ3) is 5.68. The molecule has 3 heterocycles. The quantitative estimate of drug-likeness (QED) is 0.240. The highest BCUT2D eigenvalue weighted by Crippen LogP contribution is 2.30. The number of pyridine rings is 1. The second-order valence-corrected chi connectivity index (χ2v) is 8.93. The zero-order valence-electron chi connectivity index (χ0n) is 20.9. The van der Waals surface area contributed by atoms with Gasteiger partial charge in [-0.1, -0.05) is 30.7 Å². The predicted octanol–water partition coefficient (Wildman–Crippen LogP) is 3.03. The van der Waals surface area contributed by atoms with Crippen LogP contribution in [0.1, 0.15) is 52.1 Å². The van der Waals surface area contributed by atoms with E-state index >= 15 is 0 Å². The van der Waals surface area contributed by atoms with E-state index in [4.69, 9.17) is 22.1 Å². The summed E-state index contributed by atoms with van der Waals surface area (Å²) in [5.74, 6) is -0.474. The van der Waals surface area contributed by atoms with E-state index in [1.54, 1.807) is 36.4 Å². The van der Waals surface area contributed by atoms with Crippen LogP contribution in [0, 0.1) is 0 Å². The molecule has 1 aromatic carbocycles. The van der Waals surface area contributed by atoms with E-state index in [0.29, 0.717) is 45.9 Å². The van der Waals surface area contributed by atoms with Crippen molar-refractivity contribution in [2.75, 3.05) is 25.9 Å². The van der Waals surface area contributed by atoms with Crippen molar-refractivity contribution >= 4 is 34.7 Å². The molecule has 0 radical (unpaired) electrons. The molecule has 0 bridgehead atoms. The molecule has 4 aromatic rings. The maximum absolute atomic E-state index is 13.1. The van der Waals surface area contributed by atoms with Gasteiger partial charge in [0.15, 0.2) is 5.82 Å². The molecule has 0 fully saturated rings. The van der Waals surface area contributed by atoms with Gasteiger partial charge in [0.1, 0.15) is 17.4 Å². The highest BCUT2D eigenvalue weighted by molar-refractivity contribution is 6.30. The second-order valence-electron chi connectivity index (χ2n) is 8.50. The maximum Gasteiger partial charge on any atom is 0.256 e. The molecule has 38 heavy (non-hydrogen) atoms. The number of fused-ring (bicyclic) bond motifs is 1. The van der Waals surface area contributed by atoms with Gasteiger partial charge in [0.2, 0.25) is 5.88 Å². The largest absolute Gasteiger partial charge is 0.480 e. The number of nitrogens with two attached hydrogens (primary N) is 1. The Labute approximate surface area is 224 Å². The summed E-state index contributed by atoms with van der Waals surface area (Å²) in [5.41, 5.74) is 8.65. The molecule has 12 heteroatoms. The van der Waals surface area contributed by atoms with Crippen LogP contribution in [0.3, 0.4) is 0 Å². The summed E-state index contributed by atoms with van der Waals surface area (Å²) in [5, 5.41) is 20.9. The predicted molar refractivity (Wildman–Crippen MR) is 143 cm³/mol. The lowest BCUT2D eigenvalue weighted by Crippen LogP contribution is -2.26. The van der Waals surface area contributed by atoms with Crippen molar-refractivity contribution in [1.29, 1.82) is 0 Å². The van der Waals surface area contributed by atoms with E-state index < -0.39 is 12.0 Å². The minimum Gasteiger partial charge on any atom is -0.480 e. The number of carbonyl (C=O) groups is 2. The van der Waals surface area contributed by atoms with Gasteiger partial charge < -0.3 is 26.2 Å². The molecule has 1 unspecified atom stereocenters. The Hall–Kier alpha value is -4.22. The van der Waals surface area contributed by atoms with Gasteiger partial charge in [-0.05, 0) is 42.7 Å². The Balaban J connectivity index is 1.60. The zero-order valence-corrected chi connectivity index (χ0v) is 21.7. The Morgan fingerprint density at radius 3 is 2.53 bits per heavy atom. The number of aliphatic hydroxyl groups is 1. The fraction of sp³-hybridized carbons (Fsp3) is 0.269. The molecule has 5 N–H and O–H groups in total. The molecule has 198 valence electrons. The first kappa shape index (κ1) is 26.8. The maximum atomic E-state index is 13.1. The number of halogens is 1. The number of hydrogen-bond acceptors (Lipinski definition) is 8. The number of carbonyl (C=O) groups excluding carboxylic acids is 2. The van der Waals surface area contributed by atoms with Crippen LogP contribution < -0.4 is 21.1 Å². The van der Waals surface area contributed by atoms with Crippen molar-refractivity contribution in [3.05, 3.63) is 70.6 Å². The van der Waals surface area contributed by atoms with Crippen molar-refractivity contribution in [3.63, 3.8) is 0 Å². The molecule has 0 aliphatic heterocycles. The molecular formula is C26H28ClN7O4. The van der Waals surface area contributed by atoms with E-state index in [2.05, 4.69) is 25.7 Å². The van der Waals surface area contributed by atoms with E-state index in [1.165, 1.54) is 24.1 Å². The number of methoxy groups -OCH3 is 1. The van der Waals surface area contributed by atoms with Crippen molar-refractivity contribution < 1.29 is 19.4 Å². The molecule has 11 nitrogen and oxygen atoms in total. The highest BCUT2D eigenvalue weighted by Gasteiger charge is 2.22. The molecule has 0 saturated carbocycles. The molecule has 2 amide bonds. The van der Waals surface area contributed by atoms with Crippen molar-refractivity contribution in [1.82, 2.24) is 30.2 Å². The van der Waals surface area contributed by atoms with Crippen LogP contribution in [0.5, 0.6) is 5.88 Å². The number of nitrogens with zero attached hydrogens (tertiary/aromatic N) is 4. The summed E-state index contributed by atoms with van der Waals surface area (Å²) in [6, 6.07) is 10.1. The summed E-state index contributed by atoms with van der Waals surface area (Å²) in [4.78, 5) is 34.2. The lowest BCUT2D eigenvalue weighted by molar-refractivity contribution is 0.0935. The van der Waals surface area contributed by atoms with Gasteiger partial charge >= 0.3 is 0 Å². The highest BCUT2D eigenvalue weighted by atomic mass is 35.5. The van der Waals surface area contributed by atoms with Gasteiger partial charge in [0.05, 0.1) is 24.5 Å². The molecule has 4 rings (SSSR count). The third-order valence-corrected chi connectivity index (χ3v) is 6.16. The molecule has 1 atom stereocenters. The normalized spacial score (nSPS) is 11.8. The number of rotatable bonds is 10. The average Bonchev–Trinajstić information content (AvgIpc) is 3.32. The van der Waals surface area contributed by atoms with E-state index in [-0.39, 0.29) is 29.7 Å². The average molecular weight is 538 g/mol. The van der Waals surface area contributed by atoms with Crippen molar-refractivity contribution in [2.24, 2.45) is 0 Å². The summed E-state index contributed by atoms with van der Waals surface area (Å²) >= 11 is 5.90. The number of nitrogen functional groups attached to an aromatic ring is 1. The van der Waals surface area contributed by atoms with Gasteiger partial charge in [-0.15, -0.1) is 0 Å². The number of hydrogen-bond donors (Lipinski definition) is 4. The SMILES string of the molecule is CCCNC(=O)c1cc(-c2cnc(OC)c(C(=O)NCCC(O)c3ccc(Cl)cc3)c2)n2ncnc(N)c12. The van der Waals surface area contributed by atoms with Crippen LogP contribution in [0.4, 0.5) is 5.82 Å². The summed E-state index contributed by atoms with van der Waals surface area (Å²) in [6.45, 7) is 2.66. The number of ether oxygens (including phenoxy) is 1. The van der Waals surface area contributed by atoms with Crippen molar-refractivity contribution in [2.45, 2.75) is 25.9 Å². The number of benzene rings is 1. The number of nitrogens with one attached hydrogen (secondary N) is 2. The molecule has 3 aromatic heterocycles. The third-order valence-electron chi connectivity index (χ3n) is 5.91. The van der Waals surface area contributed by atoms with Crippen LogP contribution >= 0.6 is 11.6 Å². The van der Waals surface area contributed by atoms with Gasteiger partial charge in [0, 0.05) is 29.9 Å². The van der Waals surface area contributed by atoms with Crippen molar-refractivity contribution in [3.8, 4) is 17.1 Å². The van der Waals surface area contributed by atoms with Gasteiger partial charge in [-0.3, -0.25) is 9.59 Å². The fourth-order valence-electron chi connectivity index (χ4n) is 3.97. The smallest absolute Gasteiger partial charge is 0.256 e. The molecule has 0 aliphatic carbocycles. The Kier molecular flexibility index (Phi) is 8.39. The minimum atomic E-state index is -0.770. The number of aromatic nitrogens is 4. The Morgan fingerprint density at radius 1 is 1.11 bits per heavy atom. The van der Waals surface area contributed by atoms with Gasteiger partial charge in [-0.25, -0.2) is 14.5 Å². The topological polar surface area (TPSA) is 157 Å². The first-order chi connectivity index (χ1) is 18.3. The standard InChI is InChI=1S/C26H28ClN7O4/c1-3-9-29-24(36)18-12-20(34-22(18)23(28)32-14-33-34)16-11-19(26(38-2)31-13-16)25(37)30-10-8-21(35)15-4-6-17(27)7-5-15/h4-7,11-14,21,35H,3,8-10H2,1-2H3,(H,29,36)(H,30,37)(H2,28,32,33). The van der Waals surface area contributed by atoms with Gasteiger partial charge in [0.25, 0.3) is 11.8 Å². The Bertz CT molecular complexity index is 1460. The van der Waals surface area contributed by atoms with Crippen LogP contribution in [0.2, 0.25) is 5.02 Å². The molecule has 0 aliphatic rings. The minimum absolute atomic E-state index is 0.125. The van der Waals surface area contributed by atoms with E-state index in [0.717, 1.165) is 6.42 Å². The summed E-state index contributed by atoms with van der Waals surface area (Å²) in [7, 11) is 1.42.